The van der Waals surface area contributed by atoms with E-state index in [0.29, 0.717) is 6.92 Å². The highest BCUT2D eigenvalue weighted by molar-refractivity contribution is 5.77. The average Bonchev–Trinajstić information content (AvgIpc) is 2.27. The topological polar surface area (TPSA) is 49.3 Å². The highest BCUT2D eigenvalue weighted by Crippen LogP contribution is 2.32. The molecule has 0 unspecified atom stereocenters. The highest BCUT2D eigenvalue weighted by Gasteiger charge is 2.51. The summed E-state index contributed by atoms with van der Waals surface area (Å²) in [6.45, 7) is 2.25. The Kier molecular flexibility index (Phi) is 4.57. The Morgan fingerprint density at radius 3 is 2.32 bits per heavy atom. The number of benzene rings is 1. The summed E-state index contributed by atoms with van der Waals surface area (Å²) in [5, 5.41) is 11.6. The summed E-state index contributed by atoms with van der Waals surface area (Å²) in [4.78, 5) is 11.5. The van der Waals surface area contributed by atoms with Crippen LogP contribution in [0.2, 0.25) is 0 Å². The lowest BCUT2D eigenvalue weighted by molar-refractivity contribution is -0.253. The van der Waals surface area contributed by atoms with Crippen molar-refractivity contribution < 1.29 is 23.1 Å². The Hall–Kier alpha value is -1.56. The fourth-order valence-electron chi connectivity index (χ4n) is 1.53. The third kappa shape index (κ3) is 4.24. The van der Waals surface area contributed by atoms with E-state index in [1.165, 1.54) is 0 Å². The molecule has 106 valence electrons. The van der Waals surface area contributed by atoms with Crippen molar-refractivity contribution in [2.24, 2.45) is 0 Å². The minimum absolute atomic E-state index is 0.419. The Bertz CT molecular complexity index is 429. The quantitative estimate of drug-likeness (QED) is 0.887. The number of amides is 1. The Morgan fingerprint density at radius 1 is 1.32 bits per heavy atom. The van der Waals surface area contributed by atoms with Crippen LogP contribution in [0.25, 0.3) is 0 Å². The summed E-state index contributed by atoms with van der Waals surface area (Å²) in [5.41, 5.74) is -2.24. The number of halogens is 3. The first-order valence-corrected chi connectivity index (χ1v) is 5.77. The Labute approximate surface area is 109 Å². The maximum Gasteiger partial charge on any atom is 0.417 e. The summed E-state index contributed by atoms with van der Waals surface area (Å²) < 4.78 is 37.3. The first-order chi connectivity index (χ1) is 8.63. The van der Waals surface area contributed by atoms with Crippen LogP contribution in [0.4, 0.5) is 13.2 Å². The van der Waals surface area contributed by atoms with Gasteiger partial charge in [-0.15, -0.1) is 0 Å². The summed E-state index contributed by atoms with van der Waals surface area (Å²) in [7, 11) is 0. The van der Waals surface area contributed by atoms with Crippen molar-refractivity contribution in [2.45, 2.75) is 38.1 Å². The summed E-state index contributed by atoms with van der Waals surface area (Å²) in [6, 6.07) is 8.43. The first-order valence-electron chi connectivity index (χ1n) is 5.77. The number of aliphatic hydroxyl groups is 1. The zero-order valence-corrected chi connectivity index (χ0v) is 10.7. The van der Waals surface area contributed by atoms with Gasteiger partial charge >= 0.3 is 6.18 Å². The maximum absolute atomic E-state index is 12.4. The van der Waals surface area contributed by atoms with Gasteiger partial charge in [-0.1, -0.05) is 30.3 Å². The standard InChI is InChI=1S/C13H16F3NO2/c1-9(10-6-4-3-5-7-10)17-11(18)8-12(2,19)13(14,15)16/h3-7,9,19H,8H2,1-2H3,(H,17,18)/t9-,12-/m0/s1. The molecule has 0 spiro atoms. The zero-order valence-electron chi connectivity index (χ0n) is 10.7. The van der Waals surface area contributed by atoms with E-state index in [1.807, 2.05) is 0 Å². The summed E-state index contributed by atoms with van der Waals surface area (Å²) in [6.07, 6.45) is -5.85. The average molecular weight is 275 g/mol. The molecule has 0 radical (unpaired) electrons. The van der Waals surface area contributed by atoms with Crippen LogP contribution in [0.15, 0.2) is 30.3 Å². The van der Waals surface area contributed by atoms with Gasteiger partial charge < -0.3 is 10.4 Å². The SMILES string of the molecule is C[C@H](NC(=O)C[C@](C)(O)C(F)(F)F)c1ccccc1. The molecular weight excluding hydrogens is 259 g/mol. The molecule has 0 fully saturated rings. The zero-order chi connectivity index (χ0) is 14.7. The maximum atomic E-state index is 12.4. The number of rotatable bonds is 4. The molecule has 0 aliphatic rings. The molecule has 0 aromatic heterocycles. The molecule has 0 aliphatic heterocycles. The molecule has 0 aliphatic carbocycles. The highest BCUT2D eigenvalue weighted by atomic mass is 19.4. The van der Waals surface area contributed by atoms with Crippen LogP contribution in [0, 0.1) is 0 Å². The third-order valence-corrected chi connectivity index (χ3v) is 2.79. The van der Waals surface area contributed by atoms with Crippen LogP contribution in [0.5, 0.6) is 0 Å². The van der Waals surface area contributed by atoms with E-state index in [9.17, 15) is 23.1 Å². The van der Waals surface area contributed by atoms with Crippen LogP contribution < -0.4 is 5.32 Å². The molecule has 1 amide bonds. The van der Waals surface area contributed by atoms with Crippen molar-refractivity contribution in [1.29, 1.82) is 0 Å². The van der Waals surface area contributed by atoms with Crippen LogP contribution in [-0.2, 0) is 4.79 Å². The third-order valence-electron chi connectivity index (χ3n) is 2.79. The second kappa shape index (κ2) is 5.61. The van der Waals surface area contributed by atoms with Gasteiger partial charge in [0.25, 0.3) is 0 Å². The van der Waals surface area contributed by atoms with Gasteiger partial charge in [0, 0.05) is 0 Å². The Morgan fingerprint density at radius 2 is 1.84 bits per heavy atom. The van der Waals surface area contributed by atoms with Crippen molar-refractivity contribution in [3.63, 3.8) is 0 Å². The molecule has 6 heteroatoms. The van der Waals surface area contributed by atoms with Crippen molar-refractivity contribution >= 4 is 5.91 Å². The van der Waals surface area contributed by atoms with Gasteiger partial charge in [-0.2, -0.15) is 13.2 Å². The van der Waals surface area contributed by atoms with Crippen molar-refractivity contribution in [2.75, 3.05) is 0 Å². The van der Waals surface area contributed by atoms with Crippen molar-refractivity contribution in [1.82, 2.24) is 5.32 Å². The molecule has 0 bridgehead atoms. The molecule has 2 N–H and O–H groups in total. The predicted molar refractivity (Wildman–Crippen MR) is 64.3 cm³/mol. The van der Waals surface area contributed by atoms with Gasteiger partial charge in [-0.25, -0.2) is 0 Å². The molecule has 1 aromatic rings. The molecule has 1 rings (SSSR count). The molecule has 19 heavy (non-hydrogen) atoms. The lowest BCUT2D eigenvalue weighted by Crippen LogP contribution is -2.46. The largest absolute Gasteiger partial charge is 0.417 e. The van der Waals surface area contributed by atoms with Crippen LogP contribution in [0.3, 0.4) is 0 Å². The number of carbonyl (C=O) groups is 1. The second-order valence-electron chi connectivity index (χ2n) is 4.65. The van der Waals surface area contributed by atoms with E-state index < -0.39 is 30.1 Å². The summed E-state index contributed by atoms with van der Waals surface area (Å²) >= 11 is 0. The van der Waals surface area contributed by atoms with E-state index >= 15 is 0 Å². The van der Waals surface area contributed by atoms with E-state index in [0.717, 1.165) is 5.56 Å². The monoisotopic (exact) mass is 275 g/mol. The van der Waals surface area contributed by atoms with Gasteiger partial charge in [-0.05, 0) is 19.4 Å². The molecule has 2 atom stereocenters. The number of nitrogens with one attached hydrogen (secondary N) is 1. The number of hydrogen-bond donors (Lipinski definition) is 2. The van der Waals surface area contributed by atoms with E-state index in [-0.39, 0.29) is 0 Å². The van der Waals surface area contributed by atoms with Crippen molar-refractivity contribution in [3.05, 3.63) is 35.9 Å². The van der Waals surface area contributed by atoms with E-state index in [1.54, 1.807) is 37.3 Å². The van der Waals surface area contributed by atoms with Gasteiger partial charge in [0.05, 0.1) is 12.5 Å². The number of alkyl halides is 3. The second-order valence-corrected chi connectivity index (χ2v) is 4.65. The first kappa shape index (κ1) is 15.5. The molecule has 0 saturated heterocycles. The fraction of sp³-hybridized carbons (Fsp3) is 0.462. The lowest BCUT2D eigenvalue weighted by atomic mass is 10.0. The Balaban J connectivity index is 2.62. The smallest absolute Gasteiger partial charge is 0.380 e. The predicted octanol–water partition coefficient (Wildman–Crippen LogP) is 2.57. The van der Waals surface area contributed by atoms with E-state index in [4.69, 9.17) is 0 Å². The van der Waals surface area contributed by atoms with Crippen LogP contribution in [0.1, 0.15) is 31.9 Å². The minimum atomic E-state index is -4.83. The number of hydrogen-bond acceptors (Lipinski definition) is 2. The molecule has 3 nitrogen and oxygen atoms in total. The van der Waals surface area contributed by atoms with Gasteiger partial charge in [-0.3, -0.25) is 4.79 Å². The van der Waals surface area contributed by atoms with Crippen molar-refractivity contribution in [3.8, 4) is 0 Å². The normalized spacial score (nSPS) is 16.5. The fourth-order valence-corrected chi connectivity index (χ4v) is 1.53. The van der Waals surface area contributed by atoms with Crippen LogP contribution in [-0.4, -0.2) is 22.8 Å². The minimum Gasteiger partial charge on any atom is -0.380 e. The van der Waals surface area contributed by atoms with Gasteiger partial charge in [0.1, 0.15) is 0 Å². The molecule has 0 saturated carbocycles. The molecule has 0 heterocycles. The number of carbonyl (C=O) groups excluding carboxylic acids is 1. The molecular formula is C13H16F3NO2. The summed E-state index contributed by atoms with van der Waals surface area (Å²) in [5.74, 6) is -0.848. The van der Waals surface area contributed by atoms with Crippen LogP contribution >= 0.6 is 0 Å². The molecule has 1 aromatic carbocycles. The van der Waals surface area contributed by atoms with E-state index in [2.05, 4.69) is 5.32 Å². The van der Waals surface area contributed by atoms with Gasteiger partial charge in [0.2, 0.25) is 5.91 Å². The van der Waals surface area contributed by atoms with Gasteiger partial charge in [0.15, 0.2) is 5.60 Å². The lowest BCUT2D eigenvalue weighted by Gasteiger charge is -2.26.